The fourth-order valence-corrected chi connectivity index (χ4v) is 6.85. The van der Waals surface area contributed by atoms with E-state index in [4.69, 9.17) is 4.74 Å². The van der Waals surface area contributed by atoms with Gasteiger partial charge in [0.15, 0.2) is 0 Å². The van der Waals surface area contributed by atoms with Crippen molar-refractivity contribution in [3.05, 3.63) is 96.2 Å². The van der Waals surface area contributed by atoms with Crippen LogP contribution in [0, 0.1) is 0 Å². The van der Waals surface area contributed by atoms with Gasteiger partial charge in [-0.25, -0.2) is 8.42 Å². The van der Waals surface area contributed by atoms with E-state index >= 15 is 0 Å². The maximum atomic E-state index is 13.4. The van der Waals surface area contributed by atoms with Crippen molar-refractivity contribution < 1.29 is 17.9 Å². The molecule has 0 unspecified atom stereocenters. The molecule has 1 saturated carbocycles. The lowest BCUT2D eigenvalue weighted by Gasteiger charge is -2.37. The average Bonchev–Trinajstić information content (AvgIpc) is 3.78. The highest BCUT2D eigenvalue weighted by Crippen LogP contribution is 2.48. The molecule has 206 valence electrons. The van der Waals surface area contributed by atoms with Gasteiger partial charge in [0.1, 0.15) is 10.6 Å². The summed E-state index contributed by atoms with van der Waals surface area (Å²) in [7, 11) is -2.50. The maximum absolute atomic E-state index is 13.4. The Bertz CT molecular complexity index is 1640. The molecule has 3 aromatic carbocycles. The molecule has 0 spiro atoms. The van der Waals surface area contributed by atoms with Crippen LogP contribution < -0.4 is 9.46 Å². The number of nitrogens with zero attached hydrogens (tertiary/aromatic N) is 3. The zero-order valence-electron chi connectivity index (χ0n) is 22.4. The minimum atomic E-state index is -3.96. The van der Waals surface area contributed by atoms with E-state index in [0.29, 0.717) is 24.2 Å². The van der Waals surface area contributed by atoms with Gasteiger partial charge in [0, 0.05) is 55.3 Å². The van der Waals surface area contributed by atoms with Crippen LogP contribution in [-0.2, 0) is 15.4 Å². The number of hydrogen-bond acceptors (Lipinski definition) is 6. The smallest absolute Gasteiger partial charge is 0.264 e. The predicted octanol–water partition coefficient (Wildman–Crippen LogP) is 4.53. The number of sulfonamides is 1. The van der Waals surface area contributed by atoms with E-state index in [1.807, 2.05) is 17.0 Å². The second-order valence-corrected chi connectivity index (χ2v) is 12.2. The number of carbonyl (C=O) groups excluding carboxylic acids is 1. The van der Waals surface area contributed by atoms with Crippen molar-refractivity contribution in [3.8, 4) is 5.75 Å². The van der Waals surface area contributed by atoms with Crippen LogP contribution in [0.5, 0.6) is 5.75 Å². The number of carbonyl (C=O) groups is 1. The Morgan fingerprint density at radius 2 is 1.70 bits per heavy atom. The van der Waals surface area contributed by atoms with Gasteiger partial charge in [-0.05, 0) is 48.7 Å². The van der Waals surface area contributed by atoms with Crippen LogP contribution in [-0.4, -0.2) is 68.9 Å². The number of anilines is 1. The van der Waals surface area contributed by atoms with E-state index in [9.17, 15) is 13.2 Å². The highest BCUT2D eigenvalue weighted by Gasteiger charge is 2.45. The molecule has 0 bridgehead atoms. The van der Waals surface area contributed by atoms with Crippen molar-refractivity contribution in [2.75, 3.05) is 44.6 Å². The van der Waals surface area contributed by atoms with Crippen LogP contribution in [0.3, 0.4) is 0 Å². The Kier molecular flexibility index (Phi) is 6.93. The van der Waals surface area contributed by atoms with Gasteiger partial charge in [0.05, 0.1) is 18.3 Å². The zero-order valence-corrected chi connectivity index (χ0v) is 23.2. The minimum absolute atomic E-state index is 0.0749. The molecule has 8 nitrogen and oxygen atoms in total. The summed E-state index contributed by atoms with van der Waals surface area (Å²) in [5.74, 6) is 0.189. The first-order valence-corrected chi connectivity index (χ1v) is 15.0. The molecule has 1 aliphatic carbocycles. The quantitative estimate of drug-likeness (QED) is 0.343. The summed E-state index contributed by atoms with van der Waals surface area (Å²) < 4.78 is 34.7. The Balaban J connectivity index is 1.13. The molecule has 9 heteroatoms. The van der Waals surface area contributed by atoms with E-state index < -0.39 is 10.0 Å². The fraction of sp³-hybridized carbons (Fsp3) is 0.290. The molecule has 1 amide bonds. The lowest BCUT2D eigenvalue weighted by molar-refractivity contribution is 0.0625. The van der Waals surface area contributed by atoms with Crippen LogP contribution in [0.25, 0.3) is 10.9 Å². The van der Waals surface area contributed by atoms with Gasteiger partial charge in [-0.3, -0.25) is 19.4 Å². The molecule has 2 aliphatic rings. The van der Waals surface area contributed by atoms with Crippen molar-refractivity contribution in [1.82, 2.24) is 14.8 Å². The maximum Gasteiger partial charge on any atom is 0.264 e. The first kappa shape index (κ1) is 26.3. The number of nitrogens with one attached hydrogen (secondary N) is 1. The van der Waals surface area contributed by atoms with Crippen LogP contribution in [0.15, 0.2) is 90.0 Å². The standard InChI is InChI=1S/C31H32N4O4S/c1-39-27-21-24(12-13-26(27)33-40(37,38)28-11-5-7-23-8-6-16-32-29(23)28)30(36)35-19-17-34(18-20-35)22-31(14-15-31)25-9-3-2-4-10-25/h2-13,16,21,33H,14-15,17-20,22H2,1H3. The SMILES string of the molecule is COc1cc(C(=O)N2CCN(CC3(c4ccccc4)CC3)CC2)ccc1NS(=O)(=O)c1cccc2cccnc12. The third-order valence-corrected chi connectivity index (χ3v) is 9.40. The van der Waals surface area contributed by atoms with Gasteiger partial charge in [0.2, 0.25) is 0 Å². The molecule has 1 aromatic heterocycles. The monoisotopic (exact) mass is 556 g/mol. The van der Waals surface area contributed by atoms with E-state index in [0.717, 1.165) is 25.0 Å². The first-order chi connectivity index (χ1) is 19.4. The third-order valence-electron chi connectivity index (χ3n) is 8.00. The Morgan fingerprint density at radius 3 is 2.42 bits per heavy atom. The molecule has 40 heavy (non-hydrogen) atoms. The molecule has 1 N–H and O–H groups in total. The van der Waals surface area contributed by atoms with Crippen molar-refractivity contribution in [2.45, 2.75) is 23.2 Å². The number of methoxy groups -OCH3 is 1. The summed E-state index contributed by atoms with van der Waals surface area (Å²) >= 11 is 0. The summed E-state index contributed by atoms with van der Waals surface area (Å²) in [4.78, 5) is 22.0. The molecule has 2 heterocycles. The van der Waals surface area contributed by atoms with E-state index in [2.05, 4.69) is 44.9 Å². The number of ether oxygens (including phenoxy) is 1. The van der Waals surface area contributed by atoms with Crippen LogP contribution in [0.4, 0.5) is 5.69 Å². The number of rotatable bonds is 8. The fourth-order valence-electron chi connectivity index (χ4n) is 5.60. The molecule has 1 aliphatic heterocycles. The molecular formula is C31H32N4O4S. The number of pyridine rings is 1. The summed E-state index contributed by atoms with van der Waals surface area (Å²) in [5, 5.41) is 0.728. The third kappa shape index (κ3) is 5.14. The van der Waals surface area contributed by atoms with Gasteiger partial charge in [-0.1, -0.05) is 48.5 Å². The van der Waals surface area contributed by atoms with Crippen LogP contribution >= 0.6 is 0 Å². The predicted molar refractivity (Wildman–Crippen MR) is 155 cm³/mol. The van der Waals surface area contributed by atoms with E-state index in [-0.39, 0.29) is 27.7 Å². The van der Waals surface area contributed by atoms with Gasteiger partial charge in [-0.2, -0.15) is 0 Å². The number of piperazine rings is 1. The van der Waals surface area contributed by atoms with Gasteiger partial charge >= 0.3 is 0 Å². The van der Waals surface area contributed by atoms with Crippen molar-refractivity contribution in [1.29, 1.82) is 0 Å². The molecule has 0 atom stereocenters. The van der Waals surface area contributed by atoms with E-state index in [1.165, 1.54) is 31.6 Å². The van der Waals surface area contributed by atoms with Gasteiger partial charge in [0.25, 0.3) is 15.9 Å². The zero-order chi connectivity index (χ0) is 27.7. The normalized spacial score (nSPS) is 17.0. The van der Waals surface area contributed by atoms with Crippen LogP contribution in [0.2, 0.25) is 0 Å². The number of benzene rings is 3. The van der Waals surface area contributed by atoms with Crippen molar-refractivity contribution >= 4 is 32.5 Å². The lowest BCUT2D eigenvalue weighted by Crippen LogP contribution is -2.50. The average molecular weight is 557 g/mol. The molecule has 4 aromatic rings. The van der Waals surface area contributed by atoms with Crippen molar-refractivity contribution in [3.63, 3.8) is 0 Å². The van der Waals surface area contributed by atoms with Crippen LogP contribution in [0.1, 0.15) is 28.8 Å². The molecule has 1 saturated heterocycles. The molecule has 2 fully saturated rings. The molecule has 0 radical (unpaired) electrons. The minimum Gasteiger partial charge on any atom is -0.495 e. The lowest BCUT2D eigenvalue weighted by atomic mass is 9.95. The van der Waals surface area contributed by atoms with Crippen molar-refractivity contribution in [2.24, 2.45) is 0 Å². The largest absolute Gasteiger partial charge is 0.495 e. The Morgan fingerprint density at radius 1 is 0.950 bits per heavy atom. The topological polar surface area (TPSA) is 91.8 Å². The highest BCUT2D eigenvalue weighted by atomic mass is 32.2. The van der Waals surface area contributed by atoms with Gasteiger partial charge < -0.3 is 9.64 Å². The number of amides is 1. The molecule has 6 rings (SSSR count). The number of fused-ring (bicyclic) bond motifs is 1. The number of aromatic nitrogens is 1. The summed E-state index contributed by atoms with van der Waals surface area (Å²) in [6.07, 6.45) is 3.99. The highest BCUT2D eigenvalue weighted by molar-refractivity contribution is 7.93. The number of hydrogen-bond donors (Lipinski definition) is 1. The Hall–Kier alpha value is -3.95. The van der Waals surface area contributed by atoms with Gasteiger partial charge in [-0.15, -0.1) is 0 Å². The summed E-state index contributed by atoms with van der Waals surface area (Å²) in [6, 6.07) is 24.1. The number of para-hydroxylation sites is 1. The Labute approximate surface area is 234 Å². The molecular weight excluding hydrogens is 524 g/mol. The van der Waals surface area contributed by atoms with E-state index in [1.54, 1.807) is 36.5 Å². The second kappa shape index (κ2) is 10.6. The second-order valence-electron chi connectivity index (χ2n) is 10.6. The first-order valence-electron chi connectivity index (χ1n) is 13.5. The summed E-state index contributed by atoms with van der Waals surface area (Å²) in [5.41, 5.74) is 2.77. The summed E-state index contributed by atoms with van der Waals surface area (Å²) in [6.45, 7) is 3.97.